The number of rotatable bonds is 5. The van der Waals surface area contributed by atoms with E-state index in [4.69, 9.17) is 20.4 Å². The van der Waals surface area contributed by atoms with Crippen LogP contribution in [0.25, 0.3) is 16.6 Å². The first kappa shape index (κ1) is 17.3. The molecule has 0 unspecified atom stereocenters. The maximum Gasteiger partial charge on any atom is 0.223 e. The molecule has 2 N–H and O–H groups in total. The zero-order valence-electron chi connectivity index (χ0n) is 15.8. The van der Waals surface area contributed by atoms with E-state index < -0.39 is 0 Å². The first-order valence-electron chi connectivity index (χ1n) is 9.34. The summed E-state index contributed by atoms with van der Waals surface area (Å²) in [7, 11) is 1.62. The number of ether oxygens (including phenoxy) is 1. The average molecular weight is 395 g/mol. The van der Waals surface area contributed by atoms with Gasteiger partial charge in [0.15, 0.2) is 11.5 Å². The Bertz CT molecular complexity index is 1160. The van der Waals surface area contributed by atoms with Gasteiger partial charge >= 0.3 is 0 Å². The molecule has 4 aromatic rings. The molecule has 9 heteroatoms. The van der Waals surface area contributed by atoms with Gasteiger partial charge in [-0.1, -0.05) is 13.0 Å². The number of thiazole rings is 1. The van der Waals surface area contributed by atoms with Crippen molar-refractivity contribution in [3.63, 3.8) is 0 Å². The average Bonchev–Trinajstić information content (AvgIpc) is 3.39. The van der Waals surface area contributed by atoms with Gasteiger partial charge in [-0.2, -0.15) is 4.52 Å². The predicted molar refractivity (Wildman–Crippen MR) is 109 cm³/mol. The van der Waals surface area contributed by atoms with Crippen LogP contribution in [0, 0.1) is 0 Å². The molecular formula is C19H21N7OS. The van der Waals surface area contributed by atoms with Crippen LogP contribution >= 0.6 is 11.3 Å². The topological polar surface area (TPSA) is 94.5 Å². The maximum atomic E-state index is 6.12. The lowest BCUT2D eigenvalue weighted by molar-refractivity contribution is 0.285. The quantitative estimate of drug-likeness (QED) is 0.555. The summed E-state index contributed by atoms with van der Waals surface area (Å²) < 4.78 is 7.02. The van der Waals surface area contributed by atoms with Crippen molar-refractivity contribution in [1.29, 1.82) is 0 Å². The van der Waals surface area contributed by atoms with Crippen molar-refractivity contribution in [2.45, 2.75) is 32.9 Å². The fourth-order valence-electron chi connectivity index (χ4n) is 3.66. The number of aryl methyl sites for hydroxylation is 1. The highest BCUT2D eigenvalue weighted by Gasteiger charge is 2.23. The molecule has 0 atom stereocenters. The van der Waals surface area contributed by atoms with E-state index in [-0.39, 0.29) is 0 Å². The van der Waals surface area contributed by atoms with E-state index in [0.29, 0.717) is 22.9 Å². The standard InChI is InChI=1S/C19H21N7OS/c1-3-16-21-12-9-25(10-14(12)28-16)8-7-15-22-18-11-5-4-6-13(27-2)17(11)23-19(20)26(18)24-15/h4-6H,3,7-10H2,1-2H3,(H2,20,23). The van der Waals surface area contributed by atoms with Crippen LogP contribution in [0.1, 0.15) is 28.3 Å². The van der Waals surface area contributed by atoms with Gasteiger partial charge in [0.05, 0.1) is 17.8 Å². The van der Waals surface area contributed by atoms with Crippen LogP contribution in [0.15, 0.2) is 18.2 Å². The third kappa shape index (κ3) is 2.78. The molecule has 0 fully saturated rings. The van der Waals surface area contributed by atoms with Gasteiger partial charge < -0.3 is 10.5 Å². The molecule has 144 valence electrons. The largest absolute Gasteiger partial charge is 0.494 e. The summed E-state index contributed by atoms with van der Waals surface area (Å²) in [5.41, 5.74) is 8.78. The minimum atomic E-state index is 0.311. The normalized spacial score (nSPS) is 14.2. The van der Waals surface area contributed by atoms with Crippen molar-refractivity contribution in [3.05, 3.63) is 39.6 Å². The van der Waals surface area contributed by atoms with Crippen LogP contribution in [-0.4, -0.2) is 43.1 Å². The van der Waals surface area contributed by atoms with Crippen molar-refractivity contribution < 1.29 is 4.74 Å². The molecule has 0 spiro atoms. The number of fused-ring (bicyclic) bond motifs is 4. The first-order chi connectivity index (χ1) is 13.7. The number of benzene rings is 1. The molecule has 3 aromatic heterocycles. The number of anilines is 1. The van der Waals surface area contributed by atoms with Gasteiger partial charge in [-0.3, -0.25) is 4.90 Å². The number of methoxy groups -OCH3 is 1. The molecule has 1 aliphatic rings. The lowest BCUT2D eigenvalue weighted by Gasteiger charge is -2.12. The smallest absolute Gasteiger partial charge is 0.223 e. The van der Waals surface area contributed by atoms with Gasteiger partial charge in [-0.05, 0) is 18.6 Å². The Hall–Kier alpha value is -2.78. The molecule has 0 aliphatic carbocycles. The monoisotopic (exact) mass is 395 g/mol. The van der Waals surface area contributed by atoms with Crippen molar-refractivity contribution in [1.82, 2.24) is 29.5 Å². The lowest BCUT2D eigenvalue weighted by atomic mass is 10.2. The lowest BCUT2D eigenvalue weighted by Crippen LogP contribution is -2.20. The third-order valence-corrected chi connectivity index (χ3v) is 6.30. The maximum absolute atomic E-state index is 6.12. The van der Waals surface area contributed by atoms with E-state index in [1.807, 2.05) is 29.5 Å². The molecule has 5 rings (SSSR count). The Morgan fingerprint density at radius 2 is 2.11 bits per heavy atom. The molecule has 0 saturated heterocycles. The number of nitrogens with zero attached hydrogens (tertiary/aromatic N) is 6. The van der Waals surface area contributed by atoms with Gasteiger partial charge in [0, 0.05) is 36.3 Å². The highest BCUT2D eigenvalue weighted by Crippen LogP contribution is 2.29. The van der Waals surface area contributed by atoms with Crippen molar-refractivity contribution >= 4 is 33.8 Å². The summed E-state index contributed by atoms with van der Waals surface area (Å²) in [5, 5.41) is 6.70. The number of nitrogens with two attached hydrogens (primary N) is 1. The Labute approximate surface area is 166 Å². The Morgan fingerprint density at radius 3 is 2.89 bits per heavy atom. The minimum Gasteiger partial charge on any atom is -0.494 e. The van der Waals surface area contributed by atoms with Crippen LogP contribution in [0.4, 0.5) is 5.95 Å². The van der Waals surface area contributed by atoms with Crippen molar-refractivity contribution in [3.8, 4) is 5.75 Å². The second-order valence-electron chi connectivity index (χ2n) is 6.88. The molecular weight excluding hydrogens is 374 g/mol. The summed E-state index contributed by atoms with van der Waals surface area (Å²) >= 11 is 1.83. The second kappa shape index (κ2) is 6.68. The van der Waals surface area contributed by atoms with Crippen molar-refractivity contribution in [2.75, 3.05) is 19.4 Å². The van der Waals surface area contributed by atoms with Gasteiger partial charge in [0.1, 0.15) is 11.3 Å². The van der Waals surface area contributed by atoms with Gasteiger partial charge in [-0.15, -0.1) is 16.4 Å². The van der Waals surface area contributed by atoms with Gasteiger partial charge in [0.25, 0.3) is 0 Å². The van der Waals surface area contributed by atoms with Crippen LogP contribution in [0.5, 0.6) is 5.75 Å². The second-order valence-corrected chi connectivity index (χ2v) is 8.05. The Balaban J connectivity index is 1.39. The van der Waals surface area contributed by atoms with E-state index in [1.165, 1.54) is 15.6 Å². The predicted octanol–water partition coefficient (Wildman–Crippen LogP) is 2.45. The summed E-state index contributed by atoms with van der Waals surface area (Å²) in [5.74, 6) is 1.75. The van der Waals surface area contributed by atoms with E-state index >= 15 is 0 Å². The molecule has 0 radical (unpaired) electrons. The summed E-state index contributed by atoms with van der Waals surface area (Å²) in [6, 6.07) is 5.76. The summed E-state index contributed by atoms with van der Waals surface area (Å²) in [4.78, 5) is 17.7. The number of aromatic nitrogens is 5. The third-order valence-electron chi connectivity index (χ3n) is 5.07. The molecule has 8 nitrogen and oxygen atoms in total. The highest BCUT2D eigenvalue weighted by molar-refractivity contribution is 7.11. The molecule has 0 bridgehead atoms. The number of para-hydroxylation sites is 1. The number of hydrogen-bond donors (Lipinski definition) is 1. The van der Waals surface area contributed by atoms with Crippen LogP contribution in [0.2, 0.25) is 0 Å². The van der Waals surface area contributed by atoms with E-state index in [9.17, 15) is 0 Å². The Kier molecular flexibility index (Phi) is 4.13. The zero-order valence-corrected chi connectivity index (χ0v) is 16.7. The highest BCUT2D eigenvalue weighted by atomic mass is 32.1. The van der Waals surface area contributed by atoms with Crippen LogP contribution in [0.3, 0.4) is 0 Å². The van der Waals surface area contributed by atoms with Gasteiger partial charge in [-0.25, -0.2) is 15.0 Å². The zero-order chi connectivity index (χ0) is 19.3. The van der Waals surface area contributed by atoms with E-state index in [1.54, 1.807) is 11.6 Å². The van der Waals surface area contributed by atoms with Crippen LogP contribution in [-0.2, 0) is 25.9 Å². The van der Waals surface area contributed by atoms with E-state index in [2.05, 4.69) is 21.9 Å². The fourth-order valence-corrected chi connectivity index (χ4v) is 4.72. The minimum absolute atomic E-state index is 0.311. The molecule has 0 saturated carbocycles. The first-order valence-corrected chi connectivity index (χ1v) is 10.2. The molecule has 0 amide bonds. The SMILES string of the molecule is CCc1nc2c(s1)CN(CCc1nc3c4cccc(OC)c4nc(N)n3n1)C2. The molecule has 1 aliphatic heterocycles. The van der Waals surface area contributed by atoms with Crippen LogP contribution < -0.4 is 10.5 Å². The van der Waals surface area contributed by atoms with Gasteiger partial charge in [0.2, 0.25) is 5.95 Å². The molecule has 1 aromatic carbocycles. The summed E-state index contributed by atoms with van der Waals surface area (Å²) in [6.45, 7) is 4.91. The van der Waals surface area contributed by atoms with E-state index in [0.717, 1.165) is 43.7 Å². The van der Waals surface area contributed by atoms with Crippen molar-refractivity contribution in [2.24, 2.45) is 0 Å². The number of hydrogen-bond acceptors (Lipinski definition) is 8. The Morgan fingerprint density at radius 1 is 1.21 bits per heavy atom. The molecule has 4 heterocycles. The fraction of sp³-hybridized carbons (Fsp3) is 0.368. The number of nitrogen functional groups attached to an aromatic ring is 1. The molecule has 28 heavy (non-hydrogen) atoms. The summed E-state index contributed by atoms with van der Waals surface area (Å²) in [6.07, 6.45) is 1.76.